The molecule has 0 saturated heterocycles. The van der Waals surface area contributed by atoms with Crippen LogP contribution in [0.25, 0.3) is 33.9 Å². The van der Waals surface area contributed by atoms with Gasteiger partial charge in [0.05, 0.1) is 5.02 Å². The predicted molar refractivity (Wildman–Crippen MR) is 131 cm³/mol. The van der Waals surface area contributed by atoms with Crippen LogP contribution in [-0.4, -0.2) is 10.9 Å². The molecule has 5 nitrogen and oxygen atoms in total. The second kappa shape index (κ2) is 8.43. The van der Waals surface area contributed by atoms with Crippen molar-refractivity contribution in [3.05, 3.63) is 93.7 Å². The molecule has 0 aliphatic heterocycles. The molecule has 5 aromatic rings. The number of carbonyl (C=O) groups excluding carboxylic acids is 1. The molecule has 1 N–H and O–H groups in total. The molecule has 0 aliphatic rings. The van der Waals surface area contributed by atoms with E-state index in [2.05, 4.69) is 10.3 Å². The molecule has 0 spiro atoms. The highest BCUT2D eigenvalue weighted by atomic mass is 35.5. The van der Waals surface area contributed by atoms with Crippen molar-refractivity contribution in [3.8, 4) is 22.8 Å². The number of oxazole rings is 1. The number of fused-ring (bicyclic) bond motifs is 1. The number of hydrogen-bond acceptors (Lipinski definition) is 4. The van der Waals surface area contributed by atoms with Gasteiger partial charge < -0.3 is 14.2 Å². The zero-order chi connectivity index (χ0) is 23.1. The third-order valence-electron chi connectivity index (χ3n) is 5.30. The SMILES string of the molecule is Cc1ccc2nc(-c3ccc(C)c(NC(=O)c4ccc(-c5ccc(Cl)cc5Cl)o4)c3)oc2c1. The Morgan fingerprint density at radius 1 is 0.909 bits per heavy atom. The molecule has 0 unspecified atom stereocenters. The fourth-order valence-electron chi connectivity index (χ4n) is 3.52. The molecule has 1 amide bonds. The standard InChI is InChI=1S/C26H18Cl2N2O3/c1-14-3-8-20-24(11-14)33-26(30-20)16-5-4-15(2)21(12-16)29-25(31)23-10-9-22(32-23)18-7-6-17(27)13-19(18)28/h3-13H,1-2H3,(H,29,31). The highest BCUT2D eigenvalue weighted by Gasteiger charge is 2.17. The summed E-state index contributed by atoms with van der Waals surface area (Å²) in [5.41, 5.74) is 5.55. The number of furan rings is 1. The highest BCUT2D eigenvalue weighted by Crippen LogP contribution is 2.32. The third kappa shape index (κ3) is 4.25. The van der Waals surface area contributed by atoms with E-state index in [1.165, 1.54) is 0 Å². The summed E-state index contributed by atoms with van der Waals surface area (Å²) in [7, 11) is 0. The van der Waals surface area contributed by atoms with Crippen molar-refractivity contribution in [2.75, 3.05) is 5.32 Å². The van der Waals surface area contributed by atoms with Crippen LogP contribution in [0, 0.1) is 13.8 Å². The van der Waals surface area contributed by atoms with Gasteiger partial charge in [-0.15, -0.1) is 0 Å². The molecule has 0 fully saturated rings. The van der Waals surface area contributed by atoms with Gasteiger partial charge in [-0.25, -0.2) is 4.98 Å². The number of nitrogens with zero attached hydrogens (tertiary/aromatic N) is 1. The van der Waals surface area contributed by atoms with Crippen LogP contribution in [0.1, 0.15) is 21.7 Å². The molecule has 0 saturated carbocycles. The summed E-state index contributed by atoms with van der Waals surface area (Å²) in [5.74, 6) is 0.760. The number of aromatic nitrogens is 1. The van der Waals surface area contributed by atoms with Gasteiger partial charge in [-0.2, -0.15) is 0 Å². The van der Waals surface area contributed by atoms with Crippen molar-refractivity contribution < 1.29 is 13.6 Å². The smallest absolute Gasteiger partial charge is 0.291 e. The number of hydrogen-bond donors (Lipinski definition) is 1. The lowest BCUT2D eigenvalue weighted by atomic mass is 10.1. The second-order valence-corrected chi connectivity index (χ2v) is 8.61. The van der Waals surface area contributed by atoms with Gasteiger partial charge in [0.1, 0.15) is 11.3 Å². The zero-order valence-corrected chi connectivity index (χ0v) is 19.3. The van der Waals surface area contributed by atoms with E-state index in [4.69, 9.17) is 32.0 Å². The Bertz CT molecular complexity index is 1520. The molecule has 0 atom stereocenters. The van der Waals surface area contributed by atoms with Crippen molar-refractivity contribution in [3.63, 3.8) is 0 Å². The Morgan fingerprint density at radius 2 is 1.76 bits per heavy atom. The molecule has 164 valence electrons. The number of aryl methyl sites for hydroxylation is 2. The Hall–Kier alpha value is -3.54. The van der Waals surface area contributed by atoms with Gasteiger partial charge in [-0.05, 0) is 79.6 Å². The molecular weight excluding hydrogens is 459 g/mol. The quantitative estimate of drug-likeness (QED) is 0.285. The van der Waals surface area contributed by atoms with Crippen molar-refractivity contribution in [2.45, 2.75) is 13.8 Å². The van der Waals surface area contributed by atoms with Crippen LogP contribution in [0.2, 0.25) is 10.0 Å². The van der Waals surface area contributed by atoms with Crippen LogP contribution in [0.5, 0.6) is 0 Å². The number of carbonyl (C=O) groups is 1. The van der Waals surface area contributed by atoms with Crippen molar-refractivity contribution in [1.29, 1.82) is 0 Å². The summed E-state index contributed by atoms with van der Waals surface area (Å²) in [6, 6.07) is 19.9. The van der Waals surface area contributed by atoms with Crippen LogP contribution in [0.15, 0.2) is 75.6 Å². The van der Waals surface area contributed by atoms with E-state index < -0.39 is 0 Å². The Balaban J connectivity index is 1.41. The molecule has 7 heteroatoms. The molecule has 5 rings (SSSR count). The van der Waals surface area contributed by atoms with E-state index in [-0.39, 0.29) is 11.7 Å². The lowest BCUT2D eigenvalue weighted by Gasteiger charge is -2.08. The van der Waals surface area contributed by atoms with Crippen LogP contribution >= 0.6 is 23.2 Å². The van der Waals surface area contributed by atoms with Gasteiger partial charge in [0.15, 0.2) is 11.3 Å². The predicted octanol–water partition coefficient (Wildman–Crippen LogP) is 7.93. The minimum absolute atomic E-state index is 0.165. The van der Waals surface area contributed by atoms with Gasteiger partial charge in [0, 0.05) is 21.8 Å². The van der Waals surface area contributed by atoms with Gasteiger partial charge >= 0.3 is 0 Å². The fourth-order valence-corrected chi connectivity index (χ4v) is 4.02. The van der Waals surface area contributed by atoms with E-state index in [1.807, 2.05) is 50.2 Å². The van der Waals surface area contributed by atoms with E-state index in [0.717, 1.165) is 27.8 Å². The molecule has 33 heavy (non-hydrogen) atoms. The number of amides is 1. The van der Waals surface area contributed by atoms with E-state index in [0.29, 0.717) is 32.9 Å². The lowest BCUT2D eigenvalue weighted by molar-refractivity contribution is 0.0997. The Labute approximate surface area is 200 Å². The van der Waals surface area contributed by atoms with Crippen LogP contribution in [0.3, 0.4) is 0 Å². The first-order chi connectivity index (χ1) is 15.9. The van der Waals surface area contributed by atoms with Gasteiger partial charge in [0.2, 0.25) is 5.89 Å². The normalized spacial score (nSPS) is 11.2. The minimum Gasteiger partial charge on any atom is -0.451 e. The summed E-state index contributed by atoms with van der Waals surface area (Å²) < 4.78 is 11.7. The first kappa shape index (κ1) is 21.3. The molecule has 2 aromatic heterocycles. The molecule has 0 aliphatic carbocycles. The van der Waals surface area contributed by atoms with Crippen LogP contribution in [-0.2, 0) is 0 Å². The van der Waals surface area contributed by atoms with Crippen molar-refractivity contribution in [2.24, 2.45) is 0 Å². The van der Waals surface area contributed by atoms with Crippen molar-refractivity contribution >= 4 is 45.9 Å². The van der Waals surface area contributed by atoms with Gasteiger partial charge in [-0.1, -0.05) is 35.3 Å². The van der Waals surface area contributed by atoms with E-state index in [9.17, 15) is 4.79 Å². The first-order valence-corrected chi connectivity index (χ1v) is 11.0. The maximum Gasteiger partial charge on any atom is 0.291 e. The summed E-state index contributed by atoms with van der Waals surface area (Å²) in [4.78, 5) is 17.4. The van der Waals surface area contributed by atoms with Crippen LogP contribution in [0.4, 0.5) is 5.69 Å². The topological polar surface area (TPSA) is 68.3 Å². The lowest BCUT2D eigenvalue weighted by Crippen LogP contribution is -2.11. The molecule has 0 bridgehead atoms. The largest absolute Gasteiger partial charge is 0.451 e. The van der Waals surface area contributed by atoms with E-state index >= 15 is 0 Å². The number of benzene rings is 3. The molecule has 2 heterocycles. The van der Waals surface area contributed by atoms with Crippen LogP contribution < -0.4 is 5.32 Å². The summed E-state index contributed by atoms with van der Waals surface area (Å²) in [6.45, 7) is 3.91. The maximum atomic E-state index is 12.9. The van der Waals surface area contributed by atoms with Gasteiger partial charge in [-0.3, -0.25) is 4.79 Å². The summed E-state index contributed by atoms with van der Waals surface area (Å²) >= 11 is 12.2. The summed E-state index contributed by atoms with van der Waals surface area (Å²) in [5, 5.41) is 3.88. The van der Waals surface area contributed by atoms with Crippen molar-refractivity contribution in [1.82, 2.24) is 4.98 Å². The molecule has 3 aromatic carbocycles. The highest BCUT2D eigenvalue weighted by molar-refractivity contribution is 6.36. The number of halogens is 2. The average Bonchev–Trinajstić information content (AvgIpc) is 3.42. The average molecular weight is 477 g/mol. The second-order valence-electron chi connectivity index (χ2n) is 7.76. The molecule has 0 radical (unpaired) electrons. The van der Waals surface area contributed by atoms with E-state index in [1.54, 1.807) is 30.3 Å². The molecular formula is C26H18Cl2N2O3. The zero-order valence-electron chi connectivity index (χ0n) is 17.8. The third-order valence-corrected chi connectivity index (χ3v) is 5.85. The monoisotopic (exact) mass is 476 g/mol. The number of anilines is 1. The summed E-state index contributed by atoms with van der Waals surface area (Å²) in [6.07, 6.45) is 0. The Kier molecular flexibility index (Phi) is 5.44. The fraction of sp³-hybridized carbons (Fsp3) is 0.0769. The Morgan fingerprint density at radius 3 is 2.58 bits per heavy atom. The number of rotatable bonds is 4. The number of nitrogens with one attached hydrogen (secondary N) is 1. The minimum atomic E-state index is -0.375. The first-order valence-electron chi connectivity index (χ1n) is 10.2. The van der Waals surface area contributed by atoms with Gasteiger partial charge in [0.25, 0.3) is 5.91 Å². The maximum absolute atomic E-state index is 12.9.